The second-order valence-corrected chi connectivity index (χ2v) is 4.00. The number of hydrogen-bond acceptors (Lipinski definition) is 3. The summed E-state index contributed by atoms with van der Waals surface area (Å²) in [5, 5.41) is 11.8. The lowest BCUT2D eigenvalue weighted by Crippen LogP contribution is -2.36. The van der Waals surface area contributed by atoms with Gasteiger partial charge in [-0.25, -0.2) is 0 Å². The van der Waals surface area contributed by atoms with Crippen LogP contribution in [-0.4, -0.2) is 30.2 Å². The Morgan fingerprint density at radius 2 is 2.29 bits per heavy atom. The van der Waals surface area contributed by atoms with Crippen molar-refractivity contribution in [3.63, 3.8) is 0 Å². The first-order valence-corrected chi connectivity index (χ1v) is 5.92. The maximum absolute atomic E-state index is 11.9. The number of rotatable bonds is 6. The highest BCUT2D eigenvalue weighted by atomic mass is 16.3. The fourth-order valence-corrected chi connectivity index (χ4v) is 1.58. The molecule has 0 aliphatic rings. The molecule has 0 radical (unpaired) electrons. The maximum Gasteiger partial charge on any atom is 0.251 e. The standard InChI is InChI=1S/C13H20N2O2/c1-2-12(9-16)15-13(17)11-5-3-4-10(8-11)6-7-14/h3-5,8,12,16H,2,6-7,9,14H2,1H3,(H,15,17)/t12-/m1/s1. The molecule has 0 aromatic heterocycles. The van der Waals surface area contributed by atoms with E-state index in [4.69, 9.17) is 10.8 Å². The van der Waals surface area contributed by atoms with Gasteiger partial charge >= 0.3 is 0 Å². The molecule has 0 aliphatic heterocycles. The van der Waals surface area contributed by atoms with Gasteiger partial charge in [0, 0.05) is 5.56 Å². The molecule has 4 heteroatoms. The smallest absolute Gasteiger partial charge is 0.251 e. The van der Waals surface area contributed by atoms with Crippen LogP contribution in [-0.2, 0) is 6.42 Å². The number of benzene rings is 1. The van der Waals surface area contributed by atoms with Crippen LogP contribution in [0.3, 0.4) is 0 Å². The second kappa shape index (κ2) is 7.04. The summed E-state index contributed by atoms with van der Waals surface area (Å²) < 4.78 is 0. The van der Waals surface area contributed by atoms with Gasteiger partial charge in [-0.05, 0) is 37.1 Å². The van der Waals surface area contributed by atoms with Crippen molar-refractivity contribution in [1.29, 1.82) is 0 Å². The molecular weight excluding hydrogens is 216 g/mol. The van der Waals surface area contributed by atoms with Gasteiger partial charge in [-0.15, -0.1) is 0 Å². The zero-order valence-corrected chi connectivity index (χ0v) is 10.1. The van der Waals surface area contributed by atoms with E-state index in [2.05, 4.69) is 5.32 Å². The Morgan fingerprint density at radius 1 is 1.53 bits per heavy atom. The van der Waals surface area contributed by atoms with Crippen molar-refractivity contribution >= 4 is 5.91 Å². The Kier molecular flexibility index (Phi) is 5.66. The number of hydrogen-bond donors (Lipinski definition) is 3. The Morgan fingerprint density at radius 3 is 2.88 bits per heavy atom. The molecule has 17 heavy (non-hydrogen) atoms. The van der Waals surface area contributed by atoms with Crippen LogP contribution in [0.25, 0.3) is 0 Å². The van der Waals surface area contributed by atoms with Gasteiger partial charge in [-0.2, -0.15) is 0 Å². The normalized spacial score (nSPS) is 12.2. The molecule has 4 nitrogen and oxygen atoms in total. The summed E-state index contributed by atoms with van der Waals surface area (Å²) in [7, 11) is 0. The fourth-order valence-electron chi connectivity index (χ4n) is 1.58. The fraction of sp³-hybridized carbons (Fsp3) is 0.462. The third-order valence-electron chi connectivity index (χ3n) is 2.67. The molecular formula is C13H20N2O2. The van der Waals surface area contributed by atoms with Crippen molar-refractivity contribution < 1.29 is 9.90 Å². The zero-order chi connectivity index (χ0) is 12.7. The van der Waals surface area contributed by atoms with Crippen LogP contribution >= 0.6 is 0 Å². The first-order chi connectivity index (χ1) is 8.21. The van der Waals surface area contributed by atoms with Crippen molar-refractivity contribution in [2.45, 2.75) is 25.8 Å². The molecule has 0 unspecified atom stereocenters. The van der Waals surface area contributed by atoms with Gasteiger partial charge in [-0.1, -0.05) is 19.1 Å². The molecule has 0 saturated carbocycles. The summed E-state index contributed by atoms with van der Waals surface area (Å²) in [6.45, 7) is 2.45. The van der Waals surface area contributed by atoms with Crippen molar-refractivity contribution in [3.05, 3.63) is 35.4 Å². The summed E-state index contributed by atoms with van der Waals surface area (Å²) in [5.74, 6) is -0.148. The predicted molar refractivity (Wildman–Crippen MR) is 67.8 cm³/mol. The third kappa shape index (κ3) is 4.17. The molecule has 1 rings (SSSR count). The van der Waals surface area contributed by atoms with E-state index in [0.29, 0.717) is 18.5 Å². The molecule has 1 aromatic rings. The van der Waals surface area contributed by atoms with Gasteiger partial charge in [-0.3, -0.25) is 4.79 Å². The van der Waals surface area contributed by atoms with Crippen LogP contribution in [0.1, 0.15) is 29.3 Å². The highest BCUT2D eigenvalue weighted by Gasteiger charge is 2.11. The lowest BCUT2D eigenvalue weighted by atomic mass is 10.1. The quantitative estimate of drug-likeness (QED) is 0.680. The number of carbonyl (C=O) groups excluding carboxylic acids is 1. The monoisotopic (exact) mass is 236 g/mol. The average molecular weight is 236 g/mol. The van der Waals surface area contributed by atoms with Crippen LogP contribution in [0.2, 0.25) is 0 Å². The van der Waals surface area contributed by atoms with Gasteiger partial charge < -0.3 is 16.2 Å². The summed E-state index contributed by atoms with van der Waals surface area (Å²) in [4.78, 5) is 11.9. The number of nitrogens with two attached hydrogens (primary N) is 1. The Labute approximate surface area is 102 Å². The molecule has 4 N–H and O–H groups in total. The Bertz CT molecular complexity index is 362. The predicted octanol–water partition coefficient (Wildman–Crippen LogP) is 0.689. The molecule has 94 valence electrons. The van der Waals surface area contributed by atoms with E-state index < -0.39 is 0 Å². The minimum absolute atomic E-state index is 0.0370. The van der Waals surface area contributed by atoms with Crippen molar-refractivity contribution in [1.82, 2.24) is 5.32 Å². The molecule has 0 saturated heterocycles. The average Bonchev–Trinajstić information content (AvgIpc) is 2.36. The number of aliphatic hydroxyl groups is 1. The van der Waals surface area contributed by atoms with Crippen LogP contribution in [0.4, 0.5) is 0 Å². The zero-order valence-electron chi connectivity index (χ0n) is 10.1. The summed E-state index contributed by atoms with van der Waals surface area (Å²) in [6.07, 6.45) is 1.48. The lowest BCUT2D eigenvalue weighted by Gasteiger charge is -2.14. The number of amides is 1. The van der Waals surface area contributed by atoms with Gasteiger partial charge in [0.05, 0.1) is 12.6 Å². The first-order valence-electron chi connectivity index (χ1n) is 5.92. The molecule has 1 aromatic carbocycles. The Hall–Kier alpha value is -1.39. The molecule has 0 aliphatic carbocycles. The van der Waals surface area contributed by atoms with E-state index in [-0.39, 0.29) is 18.6 Å². The van der Waals surface area contributed by atoms with Crippen LogP contribution in [0, 0.1) is 0 Å². The second-order valence-electron chi connectivity index (χ2n) is 4.00. The van der Waals surface area contributed by atoms with E-state index in [1.54, 1.807) is 6.07 Å². The summed E-state index contributed by atoms with van der Waals surface area (Å²) in [5.41, 5.74) is 7.14. The highest BCUT2D eigenvalue weighted by Crippen LogP contribution is 2.06. The third-order valence-corrected chi connectivity index (χ3v) is 2.67. The molecule has 0 bridgehead atoms. The van der Waals surface area contributed by atoms with Crippen molar-refractivity contribution in [2.75, 3.05) is 13.2 Å². The summed E-state index contributed by atoms with van der Waals surface area (Å²) >= 11 is 0. The van der Waals surface area contributed by atoms with Crippen LogP contribution in [0.15, 0.2) is 24.3 Å². The topological polar surface area (TPSA) is 75.3 Å². The summed E-state index contributed by atoms with van der Waals surface area (Å²) in [6, 6.07) is 7.22. The van der Waals surface area contributed by atoms with Gasteiger partial charge in [0.15, 0.2) is 0 Å². The number of aliphatic hydroxyl groups excluding tert-OH is 1. The van der Waals surface area contributed by atoms with Gasteiger partial charge in [0.25, 0.3) is 5.91 Å². The molecule has 1 atom stereocenters. The highest BCUT2D eigenvalue weighted by molar-refractivity contribution is 5.94. The largest absolute Gasteiger partial charge is 0.394 e. The van der Waals surface area contributed by atoms with E-state index in [9.17, 15) is 4.79 Å². The number of nitrogens with one attached hydrogen (secondary N) is 1. The SMILES string of the molecule is CC[C@H](CO)NC(=O)c1cccc(CCN)c1. The first kappa shape index (κ1) is 13.7. The van der Waals surface area contributed by atoms with Crippen molar-refractivity contribution in [3.8, 4) is 0 Å². The van der Waals surface area contributed by atoms with E-state index in [0.717, 1.165) is 12.0 Å². The van der Waals surface area contributed by atoms with Crippen LogP contribution in [0.5, 0.6) is 0 Å². The van der Waals surface area contributed by atoms with Crippen molar-refractivity contribution in [2.24, 2.45) is 5.73 Å². The lowest BCUT2D eigenvalue weighted by molar-refractivity contribution is 0.0915. The van der Waals surface area contributed by atoms with E-state index >= 15 is 0 Å². The maximum atomic E-state index is 11.9. The van der Waals surface area contributed by atoms with Gasteiger partial charge in [0.2, 0.25) is 0 Å². The minimum atomic E-state index is -0.180. The Balaban J connectivity index is 2.71. The van der Waals surface area contributed by atoms with E-state index in [1.165, 1.54) is 0 Å². The molecule has 0 fully saturated rings. The minimum Gasteiger partial charge on any atom is -0.394 e. The molecule has 1 amide bonds. The number of carbonyl (C=O) groups is 1. The van der Waals surface area contributed by atoms with Crippen LogP contribution < -0.4 is 11.1 Å². The molecule has 0 heterocycles. The molecule has 0 spiro atoms. The van der Waals surface area contributed by atoms with E-state index in [1.807, 2.05) is 25.1 Å². The van der Waals surface area contributed by atoms with Gasteiger partial charge in [0.1, 0.15) is 0 Å².